The molecular formula is C8H9F3O4. The number of hydrogen-bond donors (Lipinski definition) is 0. The van der Waals surface area contributed by atoms with E-state index in [1.807, 2.05) is 0 Å². The molecule has 86 valence electrons. The fraction of sp³-hybridized carbons (Fsp3) is 0.750. The summed E-state index contributed by atoms with van der Waals surface area (Å²) in [4.78, 5) is 22.3. The lowest BCUT2D eigenvalue weighted by molar-refractivity contribution is -0.180. The largest absolute Gasteiger partial charge is 0.468 e. The first-order chi connectivity index (χ1) is 6.80. The second kappa shape index (κ2) is 3.39. The highest BCUT2D eigenvalue weighted by Crippen LogP contribution is 2.61. The third kappa shape index (κ3) is 1.66. The van der Waals surface area contributed by atoms with Gasteiger partial charge >= 0.3 is 18.1 Å². The van der Waals surface area contributed by atoms with Crippen molar-refractivity contribution in [1.29, 1.82) is 0 Å². The highest BCUT2D eigenvalue weighted by molar-refractivity contribution is 6.03. The van der Waals surface area contributed by atoms with Crippen LogP contribution < -0.4 is 0 Å². The molecule has 1 atom stereocenters. The molecule has 1 fully saturated rings. The van der Waals surface area contributed by atoms with E-state index in [0.717, 1.165) is 14.2 Å². The van der Waals surface area contributed by atoms with E-state index in [-0.39, 0.29) is 0 Å². The second-order valence-corrected chi connectivity index (χ2v) is 3.25. The van der Waals surface area contributed by atoms with Crippen LogP contribution in [0.25, 0.3) is 0 Å². The van der Waals surface area contributed by atoms with Crippen molar-refractivity contribution in [3.05, 3.63) is 0 Å². The van der Waals surface area contributed by atoms with Gasteiger partial charge in [-0.3, -0.25) is 9.59 Å². The van der Waals surface area contributed by atoms with Crippen molar-refractivity contribution in [2.45, 2.75) is 12.6 Å². The molecule has 0 aromatic carbocycles. The second-order valence-electron chi connectivity index (χ2n) is 3.25. The molecule has 0 bridgehead atoms. The Labute approximate surface area is 83.3 Å². The molecule has 0 radical (unpaired) electrons. The van der Waals surface area contributed by atoms with Crippen LogP contribution in [-0.4, -0.2) is 32.3 Å². The van der Waals surface area contributed by atoms with Gasteiger partial charge in [0.15, 0.2) is 5.41 Å². The number of esters is 2. The first kappa shape index (κ1) is 11.8. The Hall–Kier alpha value is -1.27. The van der Waals surface area contributed by atoms with E-state index >= 15 is 0 Å². The fourth-order valence-corrected chi connectivity index (χ4v) is 1.56. The van der Waals surface area contributed by atoms with Gasteiger partial charge in [0, 0.05) is 0 Å². The van der Waals surface area contributed by atoms with Crippen molar-refractivity contribution in [2.24, 2.45) is 11.3 Å². The zero-order chi connectivity index (χ0) is 11.9. The van der Waals surface area contributed by atoms with Crippen LogP contribution in [0.2, 0.25) is 0 Å². The Bertz CT molecular complexity index is 281. The third-order valence-electron chi connectivity index (χ3n) is 2.46. The van der Waals surface area contributed by atoms with Crippen LogP contribution in [0.4, 0.5) is 13.2 Å². The minimum Gasteiger partial charge on any atom is -0.468 e. The Morgan fingerprint density at radius 3 is 1.80 bits per heavy atom. The Morgan fingerprint density at radius 2 is 1.60 bits per heavy atom. The van der Waals surface area contributed by atoms with E-state index in [9.17, 15) is 22.8 Å². The van der Waals surface area contributed by atoms with Crippen LogP contribution in [0.1, 0.15) is 6.42 Å². The molecule has 1 aliphatic rings. The van der Waals surface area contributed by atoms with Crippen LogP contribution in [0.15, 0.2) is 0 Å². The summed E-state index contributed by atoms with van der Waals surface area (Å²) in [6.45, 7) is 0. The van der Waals surface area contributed by atoms with Crippen molar-refractivity contribution < 1.29 is 32.2 Å². The van der Waals surface area contributed by atoms with E-state index in [1.165, 1.54) is 0 Å². The summed E-state index contributed by atoms with van der Waals surface area (Å²) in [6.07, 6.45) is -5.20. The molecule has 0 amide bonds. The summed E-state index contributed by atoms with van der Waals surface area (Å²) >= 11 is 0. The molecule has 7 heteroatoms. The smallest absolute Gasteiger partial charge is 0.393 e. The molecule has 1 aliphatic carbocycles. The van der Waals surface area contributed by atoms with E-state index in [0.29, 0.717) is 0 Å². The van der Waals surface area contributed by atoms with Crippen LogP contribution in [0.5, 0.6) is 0 Å². The zero-order valence-electron chi connectivity index (χ0n) is 8.05. The van der Waals surface area contributed by atoms with E-state index in [1.54, 1.807) is 0 Å². The topological polar surface area (TPSA) is 52.6 Å². The van der Waals surface area contributed by atoms with Crippen molar-refractivity contribution in [3.8, 4) is 0 Å². The summed E-state index contributed by atoms with van der Waals surface area (Å²) < 4.78 is 45.3. The number of halogens is 3. The molecule has 0 spiro atoms. The Balaban J connectivity index is 2.95. The maximum absolute atomic E-state index is 12.3. The van der Waals surface area contributed by atoms with Gasteiger partial charge in [-0.25, -0.2) is 0 Å². The minimum absolute atomic E-state index is 0.601. The van der Waals surface area contributed by atoms with Gasteiger partial charge in [0.05, 0.1) is 20.1 Å². The number of hydrogen-bond acceptors (Lipinski definition) is 4. The molecule has 0 N–H and O–H groups in total. The van der Waals surface area contributed by atoms with Gasteiger partial charge in [0.25, 0.3) is 0 Å². The molecule has 0 heterocycles. The number of carbonyl (C=O) groups is 2. The van der Waals surface area contributed by atoms with Crippen LogP contribution in [-0.2, 0) is 19.1 Å². The van der Waals surface area contributed by atoms with Gasteiger partial charge in [-0.05, 0) is 6.42 Å². The van der Waals surface area contributed by atoms with Gasteiger partial charge in [-0.15, -0.1) is 0 Å². The molecule has 0 aliphatic heterocycles. The quantitative estimate of drug-likeness (QED) is 0.518. The number of methoxy groups -OCH3 is 2. The molecule has 1 rings (SSSR count). The van der Waals surface area contributed by atoms with Gasteiger partial charge in [-0.2, -0.15) is 13.2 Å². The lowest BCUT2D eigenvalue weighted by Gasteiger charge is -2.13. The molecule has 1 saturated carbocycles. The van der Waals surface area contributed by atoms with Crippen molar-refractivity contribution in [1.82, 2.24) is 0 Å². The molecular weight excluding hydrogens is 217 g/mol. The average Bonchev–Trinajstić information content (AvgIpc) is 2.91. The molecule has 1 unspecified atom stereocenters. The van der Waals surface area contributed by atoms with E-state index in [2.05, 4.69) is 9.47 Å². The first-order valence-electron chi connectivity index (χ1n) is 4.04. The van der Waals surface area contributed by atoms with Crippen molar-refractivity contribution >= 4 is 11.9 Å². The monoisotopic (exact) mass is 226 g/mol. The lowest BCUT2D eigenvalue weighted by atomic mass is 10.0. The van der Waals surface area contributed by atoms with E-state index in [4.69, 9.17) is 0 Å². The SMILES string of the molecule is COC(=O)C1(C(=O)OC)CC1C(F)(F)F. The number of rotatable bonds is 2. The molecule has 4 nitrogen and oxygen atoms in total. The minimum atomic E-state index is -4.59. The van der Waals surface area contributed by atoms with Gasteiger partial charge in [0.1, 0.15) is 0 Å². The lowest BCUT2D eigenvalue weighted by Crippen LogP contribution is -2.34. The zero-order valence-corrected chi connectivity index (χ0v) is 8.05. The standard InChI is InChI=1S/C8H9F3O4/c1-14-5(12)7(6(13)15-2)3-4(7)8(9,10)11/h4H,3H2,1-2H3. The predicted molar refractivity (Wildman–Crippen MR) is 40.6 cm³/mol. The Kier molecular flexibility index (Phi) is 2.67. The molecule has 15 heavy (non-hydrogen) atoms. The van der Waals surface area contributed by atoms with Crippen molar-refractivity contribution in [3.63, 3.8) is 0 Å². The molecule has 0 aromatic heterocycles. The summed E-state index contributed by atoms with van der Waals surface area (Å²) in [7, 11) is 1.86. The number of ether oxygens (including phenoxy) is 2. The van der Waals surface area contributed by atoms with Crippen LogP contribution in [0, 0.1) is 11.3 Å². The van der Waals surface area contributed by atoms with Gasteiger partial charge in [0.2, 0.25) is 0 Å². The maximum Gasteiger partial charge on any atom is 0.393 e. The number of carbonyl (C=O) groups excluding carboxylic acids is 2. The third-order valence-corrected chi connectivity index (χ3v) is 2.46. The number of alkyl halides is 3. The highest BCUT2D eigenvalue weighted by atomic mass is 19.4. The van der Waals surface area contributed by atoms with Crippen molar-refractivity contribution in [2.75, 3.05) is 14.2 Å². The Morgan fingerprint density at radius 1 is 1.20 bits per heavy atom. The van der Waals surface area contributed by atoms with Gasteiger partial charge in [-0.1, -0.05) is 0 Å². The fourth-order valence-electron chi connectivity index (χ4n) is 1.56. The molecule has 0 aromatic rings. The normalized spacial score (nSPS) is 23.1. The van der Waals surface area contributed by atoms with Crippen LogP contribution in [0.3, 0.4) is 0 Å². The average molecular weight is 226 g/mol. The van der Waals surface area contributed by atoms with Crippen LogP contribution >= 0.6 is 0 Å². The maximum atomic E-state index is 12.3. The predicted octanol–water partition coefficient (Wildman–Crippen LogP) is 0.901. The highest BCUT2D eigenvalue weighted by Gasteiger charge is 2.76. The first-order valence-corrected chi connectivity index (χ1v) is 4.04. The molecule has 0 saturated heterocycles. The summed E-state index contributed by atoms with van der Waals surface area (Å²) in [6, 6.07) is 0. The summed E-state index contributed by atoms with van der Waals surface area (Å²) in [5, 5.41) is 0. The van der Waals surface area contributed by atoms with E-state index < -0.39 is 35.9 Å². The summed E-state index contributed by atoms with van der Waals surface area (Å²) in [5.41, 5.74) is -2.18. The van der Waals surface area contributed by atoms with Gasteiger partial charge < -0.3 is 9.47 Å². The summed E-state index contributed by atoms with van der Waals surface area (Å²) in [5.74, 6) is -4.39.